The largest absolute Gasteiger partial charge is 0.449 e. The molecule has 3 aromatic rings. The van der Waals surface area contributed by atoms with Crippen molar-refractivity contribution >= 4 is 28.7 Å². The predicted molar refractivity (Wildman–Crippen MR) is 92.0 cm³/mol. The zero-order chi connectivity index (χ0) is 18.8. The molecule has 2 heterocycles. The molecule has 0 saturated carbocycles. The second-order valence-corrected chi connectivity index (χ2v) is 5.83. The van der Waals surface area contributed by atoms with Crippen LogP contribution in [0.25, 0.3) is 11.0 Å². The van der Waals surface area contributed by atoms with Crippen LogP contribution in [0.4, 0.5) is 5.82 Å². The minimum atomic E-state index is -1.13. The van der Waals surface area contributed by atoms with Gasteiger partial charge in [-0.05, 0) is 32.9 Å². The van der Waals surface area contributed by atoms with Crippen molar-refractivity contribution < 1.29 is 23.3 Å². The molecule has 0 spiro atoms. The molecule has 0 saturated heterocycles. The molecule has 0 bridgehead atoms. The number of carbonyl (C=O) groups excluding carboxylic acids is 2. The number of hydrogen-bond acceptors (Lipinski definition) is 7. The van der Waals surface area contributed by atoms with Gasteiger partial charge in [0.05, 0.1) is 5.39 Å². The fourth-order valence-electron chi connectivity index (χ4n) is 2.30. The van der Waals surface area contributed by atoms with E-state index in [1.807, 2.05) is 6.92 Å². The molecule has 1 aromatic carbocycles. The minimum absolute atomic E-state index is 0.211. The number of anilines is 1. The third kappa shape index (κ3) is 3.64. The van der Waals surface area contributed by atoms with Gasteiger partial charge in [-0.15, -0.1) is 0 Å². The Morgan fingerprint density at radius 3 is 2.65 bits per heavy atom. The summed E-state index contributed by atoms with van der Waals surface area (Å²) in [6.07, 6.45) is -1.13. The summed E-state index contributed by atoms with van der Waals surface area (Å²) in [5.74, 6) is -1.04. The maximum Gasteiger partial charge on any atom is 0.375 e. The van der Waals surface area contributed by atoms with Crippen molar-refractivity contribution in [2.24, 2.45) is 0 Å². The first-order chi connectivity index (χ1) is 12.3. The van der Waals surface area contributed by atoms with E-state index in [0.717, 1.165) is 11.6 Å². The Bertz CT molecular complexity index is 1050. The van der Waals surface area contributed by atoms with Crippen LogP contribution >= 0.6 is 0 Å². The smallest absolute Gasteiger partial charge is 0.375 e. The molecule has 3 rings (SSSR count). The Kier molecular flexibility index (Phi) is 4.57. The molecule has 26 heavy (non-hydrogen) atoms. The molecule has 8 nitrogen and oxygen atoms in total. The van der Waals surface area contributed by atoms with E-state index in [0.29, 0.717) is 11.1 Å². The molecule has 0 radical (unpaired) electrons. The molecule has 0 aliphatic rings. The lowest BCUT2D eigenvalue weighted by molar-refractivity contribution is -0.123. The summed E-state index contributed by atoms with van der Waals surface area (Å²) in [5.41, 5.74) is 0.802. The van der Waals surface area contributed by atoms with Gasteiger partial charge in [-0.2, -0.15) is 0 Å². The van der Waals surface area contributed by atoms with Crippen molar-refractivity contribution in [3.8, 4) is 0 Å². The summed E-state index contributed by atoms with van der Waals surface area (Å²) in [6.45, 7) is 4.91. The molecule has 1 amide bonds. The van der Waals surface area contributed by atoms with Crippen molar-refractivity contribution in [1.29, 1.82) is 0 Å². The molecule has 0 aliphatic carbocycles. The van der Waals surface area contributed by atoms with Crippen LogP contribution in [0.15, 0.2) is 44.1 Å². The lowest BCUT2D eigenvalue weighted by atomic mass is 10.1. The molecule has 0 unspecified atom stereocenters. The fourth-order valence-corrected chi connectivity index (χ4v) is 2.30. The van der Waals surface area contributed by atoms with Crippen LogP contribution < -0.4 is 10.7 Å². The highest BCUT2D eigenvalue weighted by atomic mass is 16.6. The average Bonchev–Trinajstić information content (AvgIpc) is 3.00. The summed E-state index contributed by atoms with van der Waals surface area (Å²) in [6, 6.07) is 7.61. The second kappa shape index (κ2) is 6.83. The van der Waals surface area contributed by atoms with E-state index in [-0.39, 0.29) is 22.6 Å². The number of aryl methyl sites for hydroxylation is 2. The van der Waals surface area contributed by atoms with Crippen molar-refractivity contribution in [2.45, 2.75) is 26.9 Å². The summed E-state index contributed by atoms with van der Waals surface area (Å²) in [4.78, 5) is 36.4. The maximum atomic E-state index is 12.2. The number of ether oxygens (including phenoxy) is 1. The van der Waals surface area contributed by atoms with Crippen LogP contribution in [0.3, 0.4) is 0 Å². The van der Waals surface area contributed by atoms with Gasteiger partial charge in [0, 0.05) is 12.1 Å². The number of aromatic nitrogens is 1. The van der Waals surface area contributed by atoms with E-state index in [2.05, 4.69) is 10.5 Å². The molecule has 1 N–H and O–H groups in total. The van der Waals surface area contributed by atoms with Gasteiger partial charge in [-0.1, -0.05) is 16.8 Å². The first-order valence-corrected chi connectivity index (χ1v) is 7.83. The number of nitrogens with one attached hydrogen (secondary N) is 1. The van der Waals surface area contributed by atoms with Crippen molar-refractivity contribution in [3.05, 3.63) is 57.6 Å². The van der Waals surface area contributed by atoms with E-state index >= 15 is 0 Å². The number of esters is 1. The molecule has 1 atom stereocenters. The Morgan fingerprint density at radius 1 is 1.19 bits per heavy atom. The lowest BCUT2D eigenvalue weighted by Gasteiger charge is -2.12. The highest BCUT2D eigenvalue weighted by molar-refractivity contribution is 5.96. The maximum absolute atomic E-state index is 12.2. The zero-order valence-electron chi connectivity index (χ0n) is 14.4. The van der Waals surface area contributed by atoms with Gasteiger partial charge in [0.15, 0.2) is 17.4 Å². The lowest BCUT2D eigenvalue weighted by Crippen LogP contribution is -2.30. The van der Waals surface area contributed by atoms with Crippen molar-refractivity contribution in [1.82, 2.24) is 5.16 Å². The van der Waals surface area contributed by atoms with Gasteiger partial charge in [0.2, 0.25) is 5.76 Å². The van der Waals surface area contributed by atoms with E-state index in [4.69, 9.17) is 13.7 Å². The fraction of sp³-hybridized carbons (Fsp3) is 0.222. The van der Waals surface area contributed by atoms with Gasteiger partial charge in [0.1, 0.15) is 11.3 Å². The molecule has 0 fully saturated rings. The van der Waals surface area contributed by atoms with Crippen LogP contribution in [-0.4, -0.2) is 23.1 Å². The highest BCUT2D eigenvalue weighted by Gasteiger charge is 2.22. The number of fused-ring (bicyclic) bond motifs is 1. The molecule has 134 valence electrons. The first-order valence-electron chi connectivity index (χ1n) is 7.83. The van der Waals surface area contributed by atoms with Crippen LogP contribution in [0, 0.1) is 13.8 Å². The number of hydrogen-bond donors (Lipinski definition) is 1. The zero-order valence-corrected chi connectivity index (χ0v) is 14.4. The first kappa shape index (κ1) is 17.4. The number of amides is 1. The number of nitrogens with zero attached hydrogens (tertiary/aromatic N) is 1. The number of rotatable bonds is 4. The van der Waals surface area contributed by atoms with Crippen molar-refractivity contribution in [3.63, 3.8) is 0 Å². The number of carbonyl (C=O) groups is 2. The van der Waals surface area contributed by atoms with Crippen molar-refractivity contribution in [2.75, 3.05) is 5.32 Å². The van der Waals surface area contributed by atoms with E-state index in [9.17, 15) is 14.4 Å². The Labute approximate surface area is 147 Å². The van der Waals surface area contributed by atoms with E-state index in [1.54, 1.807) is 25.1 Å². The van der Waals surface area contributed by atoms with Crippen LogP contribution in [-0.2, 0) is 9.53 Å². The van der Waals surface area contributed by atoms with Gasteiger partial charge >= 0.3 is 5.97 Å². The monoisotopic (exact) mass is 356 g/mol. The Balaban J connectivity index is 1.74. The summed E-state index contributed by atoms with van der Waals surface area (Å²) >= 11 is 0. The summed E-state index contributed by atoms with van der Waals surface area (Å²) in [5, 5.41) is 6.44. The Morgan fingerprint density at radius 2 is 1.96 bits per heavy atom. The molecule has 8 heteroatoms. The summed E-state index contributed by atoms with van der Waals surface area (Å²) in [7, 11) is 0. The standard InChI is InChI=1S/C18H16N2O6/c1-9-4-5-14-12(6-9)13(21)8-15(25-14)18(23)24-11(3)17(22)19-16-7-10(2)26-20-16/h4-8,11H,1-3H3,(H,19,20,22)/t11-/m1/s1. The SMILES string of the molecule is Cc1ccc2oc(C(=O)O[C@H](C)C(=O)Nc3cc(C)on3)cc(=O)c2c1. The number of benzene rings is 1. The van der Waals surface area contributed by atoms with Gasteiger partial charge in [-0.25, -0.2) is 4.79 Å². The molecule has 2 aromatic heterocycles. The predicted octanol–water partition coefficient (Wildman–Crippen LogP) is 2.58. The molecule has 0 aliphatic heterocycles. The third-order valence-corrected chi connectivity index (χ3v) is 3.62. The topological polar surface area (TPSA) is 112 Å². The molecular formula is C18H16N2O6. The normalized spacial score (nSPS) is 12.0. The summed E-state index contributed by atoms with van der Waals surface area (Å²) < 4.78 is 15.3. The highest BCUT2D eigenvalue weighted by Crippen LogP contribution is 2.15. The third-order valence-electron chi connectivity index (χ3n) is 3.62. The second-order valence-electron chi connectivity index (χ2n) is 5.83. The van der Waals surface area contributed by atoms with Crippen LogP contribution in [0.5, 0.6) is 0 Å². The van der Waals surface area contributed by atoms with Gasteiger partial charge < -0.3 is 19.0 Å². The van der Waals surface area contributed by atoms with E-state index < -0.39 is 18.0 Å². The van der Waals surface area contributed by atoms with E-state index in [1.165, 1.54) is 13.0 Å². The Hall–Kier alpha value is -3.42. The minimum Gasteiger partial charge on any atom is -0.449 e. The van der Waals surface area contributed by atoms with Crippen LogP contribution in [0.1, 0.15) is 28.8 Å². The molecular weight excluding hydrogens is 340 g/mol. The van der Waals surface area contributed by atoms with Gasteiger partial charge in [0.25, 0.3) is 5.91 Å². The van der Waals surface area contributed by atoms with Gasteiger partial charge in [-0.3, -0.25) is 9.59 Å². The van der Waals surface area contributed by atoms with Crippen LogP contribution in [0.2, 0.25) is 0 Å². The quantitative estimate of drug-likeness (QED) is 0.715. The average molecular weight is 356 g/mol.